The fourth-order valence-electron chi connectivity index (χ4n) is 2.34. The summed E-state index contributed by atoms with van der Waals surface area (Å²) in [4.78, 5) is 0. The predicted molar refractivity (Wildman–Crippen MR) is 87.3 cm³/mol. The molecular formula is C18H11Cl2F. The first-order valence-corrected chi connectivity index (χ1v) is 7.22. The standard InChI is InChI=1S/C18H11Cl2F/c19-13-10-8-12(9-11-13)18-15(5-3-6-16(18)20)14-4-1-2-7-17(14)21/h1-11H. The van der Waals surface area contributed by atoms with Crippen LogP contribution in [0.25, 0.3) is 22.3 Å². The van der Waals surface area contributed by atoms with Gasteiger partial charge in [0.05, 0.1) is 0 Å². The maximum Gasteiger partial charge on any atom is 0.131 e. The van der Waals surface area contributed by atoms with Gasteiger partial charge in [0.25, 0.3) is 0 Å². The molecule has 0 saturated carbocycles. The summed E-state index contributed by atoms with van der Waals surface area (Å²) in [5.74, 6) is -0.269. The molecule has 3 aromatic rings. The van der Waals surface area contributed by atoms with Gasteiger partial charge in [-0.05, 0) is 35.4 Å². The Morgan fingerprint density at radius 2 is 1.33 bits per heavy atom. The lowest BCUT2D eigenvalue weighted by Crippen LogP contribution is -1.89. The van der Waals surface area contributed by atoms with E-state index < -0.39 is 0 Å². The Balaban J connectivity index is 2.26. The van der Waals surface area contributed by atoms with E-state index >= 15 is 0 Å². The molecule has 0 radical (unpaired) electrons. The average Bonchev–Trinajstić information content (AvgIpc) is 2.49. The molecule has 3 heteroatoms. The molecule has 0 heterocycles. The van der Waals surface area contributed by atoms with E-state index in [0.717, 1.165) is 16.7 Å². The molecule has 0 amide bonds. The second-order valence-electron chi connectivity index (χ2n) is 4.65. The van der Waals surface area contributed by atoms with Crippen molar-refractivity contribution in [2.24, 2.45) is 0 Å². The van der Waals surface area contributed by atoms with Crippen LogP contribution in [0.15, 0.2) is 66.7 Å². The third-order valence-electron chi connectivity index (χ3n) is 3.31. The van der Waals surface area contributed by atoms with E-state index in [1.807, 2.05) is 30.3 Å². The zero-order chi connectivity index (χ0) is 14.8. The second-order valence-corrected chi connectivity index (χ2v) is 5.49. The van der Waals surface area contributed by atoms with E-state index in [9.17, 15) is 4.39 Å². The van der Waals surface area contributed by atoms with Crippen LogP contribution in [0.5, 0.6) is 0 Å². The lowest BCUT2D eigenvalue weighted by atomic mass is 9.94. The Morgan fingerprint density at radius 1 is 0.667 bits per heavy atom. The molecule has 0 N–H and O–H groups in total. The summed E-state index contributed by atoms with van der Waals surface area (Å²) in [5, 5.41) is 1.23. The van der Waals surface area contributed by atoms with Gasteiger partial charge in [0, 0.05) is 21.2 Å². The number of halogens is 3. The van der Waals surface area contributed by atoms with Gasteiger partial charge in [-0.25, -0.2) is 4.39 Å². The largest absolute Gasteiger partial charge is 0.206 e. The van der Waals surface area contributed by atoms with Crippen LogP contribution < -0.4 is 0 Å². The van der Waals surface area contributed by atoms with E-state index in [-0.39, 0.29) is 5.82 Å². The molecule has 0 saturated heterocycles. The summed E-state index contributed by atoms with van der Waals surface area (Å²) in [6.45, 7) is 0. The summed E-state index contributed by atoms with van der Waals surface area (Å²) in [7, 11) is 0. The molecule has 0 aromatic heterocycles. The summed E-state index contributed by atoms with van der Waals surface area (Å²) in [6, 6.07) is 19.5. The minimum atomic E-state index is -0.269. The van der Waals surface area contributed by atoms with Gasteiger partial charge in [0.15, 0.2) is 0 Å². The molecule has 0 fully saturated rings. The van der Waals surface area contributed by atoms with Crippen LogP contribution in [0.2, 0.25) is 10.0 Å². The summed E-state index contributed by atoms with van der Waals surface area (Å²) >= 11 is 12.3. The number of benzene rings is 3. The van der Waals surface area contributed by atoms with E-state index in [0.29, 0.717) is 15.6 Å². The first-order valence-electron chi connectivity index (χ1n) is 6.46. The van der Waals surface area contributed by atoms with Crippen LogP contribution in [0.4, 0.5) is 4.39 Å². The molecular weight excluding hydrogens is 306 g/mol. The van der Waals surface area contributed by atoms with Crippen LogP contribution in [-0.4, -0.2) is 0 Å². The highest BCUT2D eigenvalue weighted by molar-refractivity contribution is 6.34. The minimum absolute atomic E-state index is 0.269. The fraction of sp³-hybridized carbons (Fsp3) is 0. The Labute approximate surface area is 132 Å². The third kappa shape index (κ3) is 2.80. The van der Waals surface area contributed by atoms with E-state index in [4.69, 9.17) is 23.2 Å². The van der Waals surface area contributed by atoms with Gasteiger partial charge in [-0.15, -0.1) is 0 Å². The quantitative estimate of drug-likeness (QED) is 0.508. The van der Waals surface area contributed by atoms with Gasteiger partial charge in [0.2, 0.25) is 0 Å². The Morgan fingerprint density at radius 3 is 2.05 bits per heavy atom. The first-order chi connectivity index (χ1) is 10.2. The van der Waals surface area contributed by atoms with E-state index in [2.05, 4.69) is 0 Å². The lowest BCUT2D eigenvalue weighted by Gasteiger charge is -2.13. The molecule has 0 unspecified atom stereocenters. The van der Waals surface area contributed by atoms with Gasteiger partial charge in [0.1, 0.15) is 5.82 Å². The number of hydrogen-bond donors (Lipinski definition) is 0. The minimum Gasteiger partial charge on any atom is -0.206 e. The summed E-state index contributed by atoms with van der Waals surface area (Å²) in [5.41, 5.74) is 3.01. The van der Waals surface area contributed by atoms with Gasteiger partial charge in [-0.2, -0.15) is 0 Å². The molecule has 3 aromatic carbocycles. The Hall–Kier alpha value is -1.83. The monoisotopic (exact) mass is 316 g/mol. The maximum absolute atomic E-state index is 14.1. The van der Waals surface area contributed by atoms with E-state index in [1.165, 1.54) is 6.07 Å². The first kappa shape index (κ1) is 14.1. The third-order valence-corrected chi connectivity index (χ3v) is 3.88. The lowest BCUT2D eigenvalue weighted by molar-refractivity contribution is 0.631. The molecule has 0 aliphatic rings. The molecule has 0 spiro atoms. The van der Waals surface area contributed by atoms with Crippen molar-refractivity contribution in [2.75, 3.05) is 0 Å². The van der Waals surface area contributed by atoms with Crippen molar-refractivity contribution in [1.29, 1.82) is 0 Å². The van der Waals surface area contributed by atoms with Crippen molar-refractivity contribution in [3.05, 3.63) is 82.6 Å². The molecule has 21 heavy (non-hydrogen) atoms. The smallest absolute Gasteiger partial charge is 0.131 e. The molecule has 0 aliphatic heterocycles. The van der Waals surface area contributed by atoms with Crippen molar-refractivity contribution in [3.63, 3.8) is 0 Å². The van der Waals surface area contributed by atoms with E-state index in [1.54, 1.807) is 30.3 Å². The van der Waals surface area contributed by atoms with Crippen molar-refractivity contribution < 1.29 is 4.39 Å². The topological polar surface area (TPSA) is 0 Å². The van der Waals surface area contributed by atoms with Gasteiger partial charge in [-0.3, -0.25) is 0 Å². The predicted octanol–water partition coefficient (Wildman–Crippen LogP) is 6.47. The van der Waals surface area contributed by atoms with Crippen molar-refractivity contribution in [2.45, 2.75) is 0 Å². The van der Waals surface area contributed by atoms with Crippen LogP contribution in [0, 0.1) is 5.82 Å². The summed E-state index contributed by atoms with van der Waals surface area (Å²) in [6.07, 6.45) is 0. The molecule has 0 nitrogen and oxygen atoms in total. The highest BCUT2D eigenvalue weighted by atomic mass is 35.5. The van der Waals surface area contributed by atoms with Crippen molar-refractivity contribution in [3.8, 4) is 22.3 Å². The Bertz CT molecular complexity index is 779. The number of rotatable bonds is 2. The van der Waals surface area contributed by atoms with Crippen LogP contribution in [0.1, 0.15) is 0 Å². The molecule has 0 bridgehead atoms. The normalized spacial score (nSPS) is 10.6. The van der Waals surface area contributed by atoms with Gasteiger partial charge < -0.3 is 0 Å². The fourth-order valence-corrected chi connectivity index (χ4v) is 2.75. The SMILES string of the molecule is Fc1ccccc1-c1cccc(Cl)c1-c1ccc(Cl)cc1. The average molecular weight is 317 g/mol. The molecule has 0 aliphatic carbocycles. The highest BCUT2D eigenvalue weighted by Crippen LogP contribution is 2.38. The van der Waals surface area contributed by atoms with Gasteiger partial charge in [-0.1, -0.05) is 65.7 Å². The summed E-state index contributed by atoms with van der Waals surface area (Å²) < 4.78 is 14.1. The number of hydrogen-bond acceptors (Lipinski definition) is 0. The van der Waals surface area contributed by atoms with Crippen LogP contribution in [0.3, 0.4) is 0 Å². The second kappa shape index (κ2) is 5.88. The molecule has 3 rings (SSSR count). The van der Waals surface area contributed by atoms with Gasteiger partial charge >= 0.3 is 0 Å². The van der Waals surface area contributed by atoms with Crippen LogP contribution >= 0.6 is 23.2 Å². The van der Waals surface area contributed by atoms with Crippen molar-refractivity contribution >= 4 is 23.2 Å². The molecule has 104 valence electrons. The zero-order valence-corrected chi connectivity index (χ0v) is 12.5. The zero-order valence-electron chi connectivity index (χ0n) is 11.0. The highest BCUT2D eigenvalue weighted by Gasteiger charge is 2.13. The molecule has 0 atom stereocenters. The Kier molecular flexibility index (Phi) is 3.96. The van der Waals surface area contributed by atoms with Crippen LogP contribution in [-0.2, 0) is 0 Å². The van der Waals surface area contributed by atoms with Crippen molar-refractivity contribution in [1.82, 2.24) is 0 Å². The maximum atomic E-state index is 14.1.